The Morgan fingerprint density at radius 2 is 2.37 bits per heavy atom. The molecule has 0 saturated heterocycles. The van der Waals surface area contributed by atoms with E-state index in [4.69, 9.17) is 4.74 Å². The van der Waals surface area contributed by atoms with Gasteiger partial charge >= 0.3 is 0 Å². The van der Waals surface area contributed by atoms with Gasteiger partial charge in [0.1, 0.15) is 5.75 Å². The number of ketones is 1. The van der Waals surface area contributed by atoms with E-state index < -0.39 is 0 Å². The molecule has 0 aliphatic carbocycles. The number of hydrogen-bond donors (Lipinski definition) is 0. The number of benzene rings is 1. The van der Waals surface area contributed by atoms with Crippen LogP contribution in [0, 0.1) is 0 Å². The second-order valence-electron chi connectivity index (χ2n) is 4.57. The van der Waals surface area contributed by atoms with Crippen LogP contribution in [-0.4, -0.2) is 22.2 Å². The van der Waals surface area contributed by atoms with Gasteiger partial charge in [0.15, 0.2) is 5.78 Å². The Kier molecular flexibility index (Phi) is 2.91. The van der Waals surface area contributed by atoms with E-state index in [0.29, 0.717) is 12.2 Å². The summed E-state index contributed by atoms with van der Waals surface area (Å²) in [6.45, 7) is 0.707. The number of carbonyl (C=O) groups excluding carboxylic acids is 1. The molecule has 96 valence electrons. The van der Waals surface area contributed by atoms with Crippen LogP contribution in [0.4, 0.5) is 0 Å². The normalized spacial score (nSPS) is 13.5. The molecule has 0 unspecified atom stereocenters. The zero-order valence-electron chi connectivity index (χ0n) is 10.7. The molecular formula is C15H14N2O2. The Hall–Kier alpha value is -2.36. The van der Waals surface area contributed by atoms with Crippen molar-refractivity contribution in [2.24, 2.45) is 7.05 Å². The minimum absolute atomic E-state index is 0.00134. The van der Waals surface area contributed by atoms with Crippen LogP contribution in [0.25, 0.3) is 6.08 Å². The summed E-state index contributed by atoms with van der Waals surface area (Å²) in [4.78, 5) is 12.1. The average Bonchev–Trinajstić information content (AvgIpc) is 3.03. The summed E-state index contributed by atoms with van der Waals surface area (Å²) in [5.74, 6) is 0.895. The van der Waals surface area contributed by atoms with E-state index in [9.17, 15) is 4.79 Å². The van der Waals surface area contributed by atoms with E-state index in [1.54, 1.807) is 29.1 Å². The lowest BCUT2D eigenvalue weighted by molar-refractivity contribution is 0.104. The smallest absolute Gasteiger partial charge is 0.185 e. The van der Waals surface area contributed by atoms with Crippen LogP contribution >= 0.6 is 0 Å². The van der Waals surface area contributed by atoms with E-state index in [1.165, 1.54) is 0 Å². The van der Waals surface area contributed by atoms with Crippen molar-refractivity contribution in [3.63, 3.8) is 0 Å². The summed E-state index contributed by atoms with van der Waals surface area (Å²) < 4.78 is 7.13. The molecule has 3 rings (SSSR count). The predicted octanol–water partition coefficient (Wildman–Crippen LogP) is 2.25. The summed E-state index contributed by atoms with van der Waals surface area (Å²) in [6, 6.07) is 5.59. The van der Waals surface area contributed by atoms with E-state index in [0.717, 1.165) is 23.3 Å². The first-order valence-corrected chi connectivity index (χ1v) is 6.19. The number of fused-ring (bicyclic) bond motifs is 1. The fourth-order valence-corrected chi connectivity index (χ4v) is 2.13. The van der Waals surface area contributed by atoms with Crippen LogP contribution in [0.5, 0.6) is 5.75 Å². The van der Waals surface area contributed by atoms with Crippen molar-refractivity contribution >= 4 is 11.9 Å². The maximum absolute atomic E-state index is 12.1. The molecule has 0 atom stereocenters. The number of rotatable bonds is 3. The first-order chi connectivity index (χ1) is 9.22. The van der Waals surface area contributed by atoms with Gasteiger partial charge in [0.05, 0.1) is 12.8 Å². The fraction of sp³-hybridized carbons (Fsp3) is 0.200. The number of aryl methyl sites for hydroxylation is 1. The lowest BCUT2D eigenvalue weighted by Crippen LogP contribution is -1.94. The third-order valence-corrected chi connectivity index (χ3v) is 3.13. The Balaban J connectivity index is 1.79. The largest absolute Gasteiger partial charge is 0.493 e. The number of hydrogen-bond acceptors (Lipinski definition) is 3. The molecule has 4 nitrogen and oxygen atoms in total. The van der Waals surface area contributed by atoms with Crippen molar-refractivity contribution in [1.29, 1.82) is 0 Å². The SMILES string of the molecule is Cn1cc(/C=C/C(=O)c2ccc3c(c2)CCO3)cn1. The Morgan fingerprint density at radius 3 is 3.16 bits per heavy atom. The van der Waals surface area contributed by atoms with E-state index >= 15 is 0 Å². The average molecular weight is 254 g/mol. The topological polar surface area (TPSA) is 44.1 Å². The maximum Gasteiger partial charge on any atom is 0.185 e. The number of ether oxygens (including phenoxy) is 1. The maximum atomic E-state index is 12.1. The van der Waals surface area contributed by atoms with Gasteiger partial charge in [0.25, 0.3) is 0 Å². The van der Waals surface area contributed by atoms with Gasteiger partial charge in [-0.05, 0) is 35.9 Å². The Bertz CT molecular complexity index is 656. The van der Waals surface area contributed by atoms with Crippen LogP contribution in [0.3, 0.4) is 0 Å². The molecule has 0 bridgehead atoms. The van der Waals surface area contributed by atoms with E-state index in [2.05, 4.69) is 5.10 Å². The molecule has 1 aromatic heterocycles. The van der Waals surface area contributed by atoms with Gasteiger partial charge in [0, 0.05) is 30.8 Å². The van der Waals surface area contributed by atoms with E-state index in [1.807, 2.05) is 25.4 Å². The Morgan fingerprint density at radius 1 is 1.47 bits per heavy atom. The van der Waals surface area contributed by atoms with Crippen molar-refractivity contribution < 1.29 is 9.53 Å². The second kappa shape index (κ2) is 4.72. The Labute approximate surface area is 111 Å². The summed E-state index contributed by atoms with van der Waals surface area (Å²) in [5.41, 5.74) is 2.73. The third kappa shape index (κ3) is 2.42. The van der Waals surface area contributed by atoms with Gasteiger partial charge in [-0.25, -0.2) is 0 Å². The van der Waals surface area contributed by atoms with Gasteiger partial charge in [0.2, 0.25) is 0 Å². The van der Waals surface area contributed by atoms with Crippen LogP contribution in [0.2, 0.25) is 0 Å². The van der Waals surface area contributed by atoms with Crippen LogP contribution in [0.15, 0.2) is 36.7 Å². The molecular weight excluding hydrogens is 240 g/mol. The van der Waals surface area contributed by atoms with Gasteiger partial charge in [-0.3, -0.25) is 9.48 Å². The minimum atomic E-state index is -0.00134. The summed E-state index contributed by atoms with van der Waals surface area (Å²) in [5, 5.41) is 4.05. The van der Waals surface area contributed by atoms with Crippen molar-refractivity contribution in [2.75, 3.05) is 6.61 Å². The number of carbonyl (C=O) groups is 1. The minimum Gasteiger partial charge on any atom is -0.493 e. The van der Waals surface area contributed by atoms with E-state index in [-0.39, 0.29) is 5.78 Å². The highest BCUT2D eigenvalue weighted by Crippen LogP contribution is 2.26. The first kappa shape index (κ1) is 11.7. The molecule has 0 spiro atoms. The summed E-state index contributed by atoms with van der Waals surface area (Å²) in [6.07, 6.45) is 7.82. The molecule has 1 aliphatic heterocycles. The quantitative estimate of drug-likeness (QED) is 0.623. The van der Waals surface area contributed by atoms with Crippen LogP contribution in [-0.2, 0) is 13.5 Å². The van der Waals surface area contributed by atoms with Gasteiger partial charge < -0.3 is 4.74 Å². The van der Waals surface area contributed by atoms with Crippen molar-refractivity contribution in [1.82, 2.24) is 9.78 Å². The summed E-state index contributed by atoms with van der Waals surface area (Å²) in [7, 11) is 1.85. The van der Waals surface area contributed by atoms with Crippen molar-refractivity contribution in [3.05, 3.63) is 53.4 Å². The number of allylic oxidation sites excluding steroid dienone is 1. The lowest BCUT2D eigenvalue weighted by Gasteiger charge is -2.00. The highest BCUT2D eigenvalue weighted by Gasteiger charge is 2.13. The fourth-order valence-electron chi connectivity index (χ4n) is 2.13. The zero-order valence-corrected chi connectivity index (χ0v) is 10.7. The molecule has 0 saturated carbocycles. The second-order valence-corrected chi connectivity index (χ2v) is 4.57. The summed E-state index contributed by atoms with van der Waals surface area (Å²) >= 11 is 0. The van der Waals surface area contributed by atoms with Gasteiger partial charge in [-0.2, -0.15) is 5.10 Å². The van der Waals surface area contributed by atoms with Gasteiger partial charge in [-0.1, -0.05) is 0 Å². The number of nitrogens with zero attached hydrogens (tertiary/aromatic N) is 2. The number of aromatic nitrogens is 2. The molecule has 0 radical (unpaired) electrons. The molecule has 2 aromatic rings. The van der Waals surface area contributed by atoms with Crippen LogP contribution < -0.4 is 4.74 Å². The molecule has 2 heterocycles. The van der Waals surface area contributed by atoms with Crippen molar-refractivity contribution in [3.8, 4) is 5.75 Å². The molecule has 4 heteroatoms. The molecule has 1 aliphatic rings. The van der Waals surface area contributed by atoms with Crippen LogP contribution in [0.1, 0.15) is 21.5 Å². The molecule has 19 heavy (non-hydrogen) atoms. The standard InChI is InChI=1S/C15H14N2O2/c1-17-10-11(9-16-17)2-4-14(18)12-3-5-15-13(8-12)6-7-19-15/h2-5,8-10H,6-7H2,1H3/b4-2+. The monoisotopic (exact) mass is 254 g/mol. The predicted molar refractivity (Wildman–Crippen MR) is 72.2 cm³/mol. The molecule has 0 fully saturated rings. The first-order valence-electron chi connectivity index (χ1n) is 6.19. The highest BCUT2D eigenvalue weighted by atomic mass is 16.5. The highest BCUT2D eigenvalue weighted by molar-refractivity contribution is 6.07. The van der Waals surface area contributed by atoms with Crippen molar-refractivity contribution in [2.45, 2.75) is 6.42 Å². The van der Waals surface area contributed by atoms with Gasteiger partial charge in [-0.15, -0.1) is 0 Å². The molecule has 0 amide bonds. The third-order valence-electron chi connectivity index (χ3n) is 3.13. The zero-order chi connectivity index (χ0) is 13.2. The molecule has 0 N–H and O–H groups in total. The molecule has 1 aromatic carbocycles. The lowest BCUT2D eigenvalue weighted by atomic mass is 10.0.